The first-order valence-corrected chi connectivity index (χ1v) is 11.0. The molecule has 1 aromatic carbocycles. The van der Waals surface area contributed by atoms with Crippen LogP contribution in [0.15, 0.2) is 23.3 Å². The second-order valence-electron chi connectivity index (χ2n) is 7.76. The summed E-state index contributed by atoms with van der Waals surface area (Å²) >= 11 is 1.10. The van der Waals surface area contributed by atoms with Gasteiger partial charge in [-0.25, -0.2) is 9.78 Å². The highest BCUT2D eigenvalue weighted by atomic mass is 32.1. The number of benzene rings is 1. The molecule has 0 saturated carbocycles. The number of aromatic nitrogens is 2. The number of rotatable bonds is 7. The van der Waals surface area contributed by atoms with E-state index in [1.807, 2.05) is 32.9 Å². The van der Waals surface area contributed by atoms with Crippen LogP contribution >= 0.6 is 11.3 Å². The van der Waals surface area contributed by atoms with Gasteiger partial charge in [-0.2, -0.15) is 0 Å². The Kier molecular flexibility index (Phi) is 7.10. The molecule has 0 saturated heterocycles. The second-order valence-corrected chi connectivity index (χ2v) is 8.76. The van der Waals surface area contributed by atoms with Crippen molar-refractivity contribution in [2.24, 2.45) is 0 Å². The number of thiophene rings is 1. The average Bonchev–Trinajstić information content (AvgIpc) is 3.07. The Morgan fingerprint density at radius 2 is 1.81 bits per heavy atom. The number of nitrogens with one attached hydrogen (secondary N) is 1. The topological polar surface area (TPSA) is 99.5 Å². The van der Waals surface area contributed by atoms with Crippen LogP contribution in [0.25, 0.3) is 10.2 Å². The number of nitrogens with zero attached hydrogens (tertiary/aromatic N) is 2. The monoisotopic (exact) mass is 457 g/mol. The Hall–Kier alpha value is -3.04. The third-order valence-electron chi connectivity index (χ3n) is 5.30. The molecule has 1 N–H and O–H groups in total. The van der Waals surface area contributed by atoms with E-state index in [9.17, 15) is 14.4 Å². The van der Waals surface area contributed by atoms with Crippen molar-refractivity contribution in [2.45, 2.75) is 40.7 Å². The summed E-state index contributed by atoms with van der Waals surface area (Å²) in [6.07, 6.45) is 1.35. The van der Waals surface area contributed by atoms with E-state index in [0.717, 1.165) is 33.7 Å². The molecule has 170 valence electrons. The van der Waals surface area contributed by atoms with Crippen LogP contribution in [0.1, 0.15) is 44.9 Å². The zero-order valence-corrected chi connectivity index (χ0v) is 19.9. The van der Waals surface area contributed by atoms with E-state index in [-0.39, 0.29) is 24.7 Å². The fourth-order valence-electron chi connectivity index (χ4n) is 3.62. The third-order valence-corrected chi connectivity index (χ3v) is 6.48. The predicted octanol–water partition coefficient (Wildman–Crippen LogP) is 3.69. The maximum Gasteiger partial charge on any atom is 0.348 e. The Morgan fingerprint density at radius 1 is 1.16 bits per heavy atom. The standard InChI is InChI=1S/C23H27N3O5S/c1-12-9-13(2)18(14(3)10-12)25-20(27)16(5)26-11-24-21-17(22(26)28)15(4)19(32-21)23(29)31-8-7-30-6/h9-11,16H,7-8H2,1-6H3,(H,25,27). The molecule has 2 aromatic heterocycles. The first-order valence-electron chi connectivity index (χ1n) is 10.2. The maximum absolute atomic E-state index is 13.2. The van der Waals surface area contributed by atoms with Gasteiger partial charge in [0.2, 0.25) is 5.91 Å². The number of hydrogen-bond acceptors (Lipinski definition) is 7. The van der Waals surface area contributed by atoms with Crippen LogP contribution in [0, 0.1) is 27.7 Å². The lowest BCUT2D eigenvalue weighted by molar-refractivity contribution is -0.118. The summed E-state index contributed by atoms with van der Waals surface area (Å²) in [5.74, 6) is -0.847. The average molecular weight is 458 g/mol. The van der Waals surface area contributed by atoms with Crippen LogP contribution in [0.2, 0.25) is 0 Å². The molecule has 0 fully saturated rings. The van der Waals surface area contributed by atoms with E-state index in [4.69, 9.17) is 9.47 Å². The van der Waals surface area contributed by atoms with Crippen molar-refractivity contribution in [2.75, 3.05) is 25.6 Å². The highest BCUT2D eigenvalue weighted by Gasteiger charge is 2.24. The minimum atomic E-state index is -0.795. The van der Waals surface area contributed by atoms with Crippen LogP contribution in [0.4, 0.5) is 5.69 Å². The largest absolute Gasteiger partial charge is 0.459 e. The first-order chi connectivity index (χ1) is 15.1. The van der Waals surface area contributed by atoms with Gasteiger partial charge in [-0.15, -0.1) is 11.3 Å². The van der Waals surface area contributed by atoms with E-state index in [0.29, 0.717) is 20.7 Å². The van der Waals surface area contributed by atoms with Crippen molar-refractivity contribution in [1.82, 2.24) is 9.55 Å². The fourth-order valence-corrected chi connectivity index (χ4v) is 4.66. The second kappa shape index (κ2) is 9.62. The molecule has 0 aliphatic carbocycles. The van der Waals surface area contributed by atoms with Crippen LogP contribution in [-0.4, -0.2) is 41.8 Å². The molecule has 0 bridgehead atoms. The minimum Gasteiger partial charge on any atom is -0.459 e. The molecule has 8 nitrogen and oxygen atoms in total. The number of ether oxygens (including phenoxy) is 2. The molecule has 2 heterocycles. The van der Waals surface area contributed by atoms with Crippen molar-refractivity contribution in [3.63, 3.8) is 0 Å². The summed E-state index contributed by atoms with van der Waals surface area (Å²) in [7, 11) is 1.52. The highest BCUT2D eigenvalue weighted by molar-refractivity contribution is 7.20. The lowest BCUT2D eigenvalue weighted by atomic mass is 10.0. The minimum absolute atomic E-state index is 0.121. The number of anilines is 1. The van der Waals surface area contributed by atoms with E-state index < -0.39 is 12.0 Å². The zero-order valence-electron chi connectivity index (χ0n) is 19.1. The van der Waals surface area contributed by atoms with Gasteiger partial charge >= 0.3 is 5.97 Å². The summed E-state index contributed by atoms with van der Waals surface area (Å²) in [5.41, 5.74) is 3.88. The molecule has 0 aliphatic rings. The molecule has 0 radical (unpaired) electrons. The summed E-state index contributed by atoms with van der Waals surface area (Å²) < 4.78 is 11.4. The number of amides is 1. The van der Waals surface area contributed by atoms with Crippen LogP contribution < -0.4 is 10.9 Å². The molecule has 32 heavy (non-hydrogen) atoms. The molecule has 3 aromatic rings. The molecule has 9 heteroatoms. The van der Waals surface area contributed by atoms with Crippen LogP contribution in [-0.2, 0) is 14.3 Å². The number of aryl methyl sites for hydroxylation is 4. The molecular formula is C23H27N3O5S. The van der Waals surface area contributed by atoms with Crippen molar-refractivity contribution in [1.29, 1.82) is 0 Å². The number of esters is 1. The lowest BCUT2D eigenvalue weighted by Gasteiger charge is -2.18. The first kappa shape index (κ1) is 23.6. The Morgan fingerprint density at radius 3 is 2.44 bits per heavy atom. The maximum atomic E-state index is 13.2. The summed E-state index contributed by atoms with van der Waals surface area (Å²) in [6.45, 7) is 9.60. The summed E-state index contributed by atoms with van der Waals surface area (Å²) in [4.78, 5) is 43.6. The van der Waals surface area contributed by atoms with Gasteiger partial charge in [-0.05, 0) is 51.3 Å². The number of hydrogen-bond donors (Lipinski definition) is 1. The molecular weight excluding hydrogens is 430 g/mol. The Balaban J connectivity index is 1.91. The van der Waals surface area contributed by atoms with Gasteiger partial charge in [0, 0.05) is 12.8 Å². The Bertz CT molecular complexity index is 1220. The van der Waals surface area contributed by atoms with Gasteiger partial charge in [0.1, 0.15) is 22.4 Å². The fraction of sp³-hybridized carbons (Fsp3) is 0.391. The normalized spacial score (nSPS) is 12.1. The van der Waals surface area contributed by atoms with Gasteiger partial charge < -0.3 is 14.8 Å². The van der Waals surface area contributed by atoms with E-state index in [2.05, 4.69) is 10.3 Å². The Labute approximate surface area is 190 Å². The van der Waals surface area contributed by atoms with Crippen molar-refractivity contribution in [3.8, 4) is 0 Å². The van der Waals surface area contributed by atoms with Crippen LogP contribution in [0.3, 0.4) is 0 Å². The molecule has 3 rings (SSSR count). The molecule has 0 aliphatic heterocycles. The third kappa shape index (κ3) is 4.58. The van der Waals surface area contributed by atoms with Crippen molar-refractivity contribution >= 4 is 39.1 Å². The van der Waals surface area contributed by atoms with Gasteiger partial charge in [0.15, 0.2) is 0 Å². The quantitative estimate of drug-likeness (QED) is 0.429. The number of fused-ring (bicyclic) bond motifs is 1. The smallest absolute Gasteiger partial charge is 0.348 e. The van der Waals surface area contributed by atoms with Gasteiger partial charge in [0.05, 0.1) is 18.3 Å². The van der Waals surface area contributed by atoms with Gasteiger partial charge in [-0.1, -0.05) is 17.7 Å². The van der Waals surface area contributed by atoms with E-state index >= 15 is 0 Å². The van der Waals surface area contributed by atoms with E-state index in [1.54, 1.807) is 13.8 Å². The van der Waals surface area contributed by atoms with Crippen molar-refractivity contribution in [3.05, 3.63) is 55.9 Å². The molecule has 1 amide bonds. The number of carbonyl (C=O) groups is 2. The summed E-state index contributed by atoms with van der Waals surface area (Å²) in [6, 6.07) is 3.19. The van der Waals surface area contributed by atoms with Gasteiger partial charge in [0.25, 0.3) is 5.56 Å². The summed E-state index contributed by atoms with van der Waals surface area (Å²) in [5, 5.41) is 3.25. The van der Waals surface area contributed by atoms with Gasteiger partial charge in [-0.3, -0.25) is 14.2 Å². The molecule has 1 unspecified atom stereocenters. The highest BCUT2D eigenvalue weighted by Crippen LogP contribution is 2.28. The molecule has 1 atom stereocenters. The molecule has 0 spiro atoms. The SMILES string of the molecule is COCCOC(=O)c1sc2ncn(C(C)C(=O)Nc3c(C)cc(C)cc3C)c(=O)c2c1C. The zero-order chi connectivity index (χ0) is 23.6. The predicted molar refractivity (Wildman–Crippen MR) is 125 cm³/mol. The lowest BCUT2D eigenvalue weighted by Crippen LogP contribution is -2.32. The number of carbonyl (C=O) groups excluding carboxylic acids is 2. The van der Waals surface area contributed by atoms with Crippen molar-refractivity contribution < 1.29 is 19.1 Å². The van der Waals surface area contributed by atoms with E-state index in [1.165, 1.54) is 18.0 Å². The van der Waals surface area contributed by atoms with Crippen LogP contribution in [0.5, 0.6) is 0 Å². The number of methoxy groups -OCH3 is 1.